The number of ether oxygens (including phenoxy) is 2. The van der Waals surface area contributed by atoms with Crippen molar-refractivity contribution in [3.8, 4) is 17.2 Å². The number of nitrogens with zero attached hydrogens (tertiary/aromatic N) is 1. The standard InChI is InChI=1S/C24H21NO4/c1-24(2)12-18-22-20(13-24)29-19-11-16(28-4)9-10-17(19)21(22)23(26)25(18)14-5-7-15(27-3)8-6-14/h5-13H,1-4H3. The molecule has 0 unspecified atom stereocenters. The van der Waals surface area contributed by atoms with Gasteiger partial charge in [0.05, 0.1) is 30.0 Å². The molecule has 5 nitrogen and oxygen atoms in total. The molecular weight excluding hydrogens is 366 g/mol. The molecule has 2 aromatic carbocycles. The minimum atomic E-state index is -0.259. The molecule has 0 fully saturated rings. The molecule has 3 aliphatic rings. The third-order valence-corrected chi connectivity index (χ3v) is 5.43. The van der Waals surface area contributed by atoms with Crippen LogP contribution >= 0.6 is 0 Å². The van der Waals surface area contributed by atoms with Crippen molar-refractivity contribution < 1.29 is 13.9 Å². The zero-order chi connectivity index (χ0) is 20.3. The summed E-state index contributed by atoms with van der Waals surface area (Å²) in [6.07, 6.45) is 4.19. The Labute approximate surface area is 166 Å². The maximum absolute atomic E-state index is 13.6. The fraction of sp³-hybridized carbons (Fsp3) is 0.208. The van der Waals surface area contributed by atoms with Crippen molar-refractivity contribution in [2.45, 2.75) is 13.8 Å². The molecule has 2 aliphatic heterocycles. The van der Waals surface area contributed by atoms with Gasteiger partial charge in [-0.2, -0.15) is 0 Å². The Morgan fingerprint density at radius 3 is 2.28 bits per heavy atom. The molecule has 0 saturated heterocycles. The summed E-state index contributed by atoms with van der Waals surface area (Å²) < 4.78 is 18.6. The van der Waals surface area contributed by atoms with E-state index in [0.29, 0.717) is 22.0 Å². The van der Waals surface area contributed by atoms with E-state index < -0.39 is 0 Å². The van der Waals surface area contributed by atoms with Crippen LogP contribution in [0.1, 0.15) is 13.8 Å². The maximum Gasteiger partial charge on any atom is 0.264 e. The fourth-order valence-corrected chi connectivity index (χ4v) is 4.12. The summed E-state index contributed by atoms with van der Waals surface area (Å²) in [5, 5.41) is 3.16. The van der Waals surface area contributed by atoms with Crippen LogP contribution < -0.4 is 25.8 Å². The van der Waals surface area contributed by atoms with E-state index in [-0.39, 0.29) is 11.0 Å². The smallest absolute Gasteiger partial charge is 0.264 e. The Balaban J connectivity index is 2.00. The van der Waals surface area contributed by atoms with Crippen LogP contribution in [-0.2, 0) is 0 Å². The lowest BCUT2D eigenvalue weighted by atomic mass is 9.89. The summed E-state index contributed by atoms with van der Waals surface area (Å²) in [6, 6.07) is 13.1. The van der Waals surface area contributed by atoms with Crippen molar-refractivity contribution in [1.29, 1.82) is 0 Å². The molecule has 5 heteroatoms. The van der Waals surface area contributed by atoms with Gasteiger partial charge in [-0.1, -0.05) is 13.8 Å². The second-order valence-electron chi connectivity index (χ2n) is 7.91. The molecule has 5 rings (SSSR count). The molecule has 0 aromatic heterocycles. The van der Waals surface area contributed by atoms with Crippen molar-refractivity contribution in [2.75, 3.05) is 14.2 Å². The monoisotopic (exact) mass is 387 g/mol. The van der Waals surface area contributed by atoms with Crippen LogP contribution in [0.4, 0.5) is 0 Å². The van der Waals surface area contributed by atoms with E-state index in [0.717, 1.165) is 27.4 Å². The average Bonchev–Trinajstić information content (AvgIpc) is 2.99. The number of hydrogen-bond donors (Lipinski definition) is 0. The van der Waals surface area contributed by atoms with Crippen LogP contribution in [0.2, 0.25) is 0 Å². The van der Waals surface area contributed by atoms with E-state index in [4.69, 9.17) is 13.9 Å². The minimum Gasteiger partial charge on any atom is -0.497 e. The van der Waals surface area contributed by atoms with E-state index in [1.807, 2.05) is 42.5 Å². The van der Waals surface area contributed by atoms with Crippen LogP contribution in [0.15, 0.2) is 51.7 Å². The quantitative estimate of drug-likeness (QED) is 0.542. The SMILES string of the molecule is COc1ccc(-n2c(=O)c3c4ccc(OC)cc4oc4c=3c2=CC(C)(C)C=4)cc1. The first-order valence-electron chi connectivity index (χ1n) is 9.47. The van der Waals surface area contributed by atoms with Crippen molar-refractivity contribution >= 4 is 23.1 Å². The highest BCUT2D eigenvalue weighted by Crippen LogP contribution is 2.25. The van der Waals surface area contributed by atoms with Gasteiger partial charge in [-0.15, -0.1) is 0 Å². The molecule has 0 N–H and O–H groups in total. The molecule has 0 amide bonds. The van der Waals surface area contributed by atoms with Crippen molar-refractivity contribution in [3.05, 3.63) is 74.0 Å². The highest BCUT2D eigenvalue weighted by atomic mass is 16.5. The average molecular weight is 387 g/mol. The highest BCUT2D eigenvalue weighted by molar-refractivity contribution is 5.79. The van der Waals surface area contributed by atoms with E-state index in [1.165, 1.54) is 0 Å². The van der Waals surface area contributed by atoms with Gasteiger partial charge >= 0.3 is 0 Å². The van der Waals surface area contributed by atoms with E-state index in [2.05, 4.69) is 26.0 Å². The van der Waals surface area contributed by atoms with Gasteiger partial charge in [-0.05, 0) is 48.6 Å². The van der Waals surface area contributed by atoms with Gasteiger partial charge in [0.25, 0.3) is 5.56 Å². The van der Waals surface area contributed by atoms with Gasteiger partial charge in [-0.3, -0.25) is 9.36 Å². The predicted octanol–water partition coefficient (Wildman–Crippen LogP) is 2.93. The minimum absolute atomic E-state index is 0.0604. The first-order chi connectivity index (χ1) is 13.9. The molecule has 1 aliphatic carbocycles. The summed E-state index contributed by atoms with van der Waals surface area (Å²) in [5.74, 6) is 1.44. The van der Waals surface area contributed by atoms with Crippen LogP contribution in [0.5, 0.6) is 11.5 Å². The Hall–Kier alpha value is -3.47. The second kappa shape index (κ2) is 6.01. The number of benzene rings is 2. The number of rotatable bonds is 3. The van der Waals surface area contributed by atoms with Gasteiger partial charge in [-0.25, -0.2) is 0 Å². The third-order valence-electron chi connectivity index (χ3n) is 5.43. The van der Waals surface area contributed by atoms with Crippen molar-refractivity contribution in [3.63, 3.8) is 0 Å². The van der Waals surface area contributed by atoms with E-state index in [1.54, 1.807) is 18.8 Å². The molecular formula is C24H21NO4. The summed E-state index contributed by atoms with van der Waals surface area (Å²) in [6.45, 7) is 4.20. The Morgan fingerprint density at radius 2 is 1.59 bits per heavy atom. The van der Waals surface area contributed by atoms with Gasteiger partial charge in [0.2, 0.25) is 0 Å². The lowest BCUT2D eigenvalue weighted by Crippen LogP contribution is -2.32. The molecule has 2 aromatic rings. The zero-order valence-corrected chi connectivity index (χ0v) is 16.8. The van der Waals surface area contributed by atoms with Crippen molar-refractivity contribution in [2.24, 2.45) is 5.41 Å². The predicted molar refractivity (Wildman–Crippen MR) is 112 cm³/mol. The normalized spacial score (nSPS) is 14.5. The Kier molecular flexibility index (Phi) is 3.65. The van der Waals surface area contributed by atoms with Crippen molar-refractivity contribution in [1.82, 2.24) is 4.57 Å². The lowest BCUT2D eigenvalue weighted by molar-refractivity contribution is 0.414. The lowest BCUT2D eigenvalue weighted by Gasteiger charge is -2.17. The topological polar surface area (TPSA) is 53.6 Å². The summed E-state index contributed by atoms with van der Waals surface area (Å²) in [4.78, 5) is 13.6. The first-order valence-corrected chi connectivity index (χ1v) is 9.47. The summed E-state index contributed by atoms with van der Waals surface area (Å²) in [7, 11) is 3.24. The molecule has 29 heavy (non-hydrogen) atoms. The van der Waals surface area contributed by atoms with E-state index >= 15 is 0 Å². The second-order valence-corrected chi connectivity index (χ2v) is 7.91. The molecule has 2 heterocycles. The number of hydrogen-bond acceptors (Lipinski definition) is 4. The summed E-state index contributed by atoms with van der Waals surface area (Å²) >= 11 is 0. The first kappa shape index (κ1) is 17.6. The summed E-state index contributed by atoms with van der Waals surface area (Å²) in [5.41, 5.74) is 1.83. The fourth-order valence-electron chi connectivity index (χ4n) is 4.12. The van der Waals surface area contributed by atoms with Gasteiger partial charge in [0, 0.05) is 22.6 Å². The largest absolute Gasteiger partial charge is 0.497 e. The Bertz CT molecular complexity index is 1500. The zero-order valence-electron chi connectivity index (χ0n) is 16.8. The van der Waals surface area contributed by atoms with Gasteiger partial charge in [0.1, 0.15) is 22.5 Å². The Morgan fingerprint density at radius 1 is 0.897 bits per heavy atom. The molecule has 146 valence electrons. The molecule has 0 radical (unpaired) electrons. The number of fused-ring (bicyclic) bond motifs is 2. The van der Waals surface area contributed by atoms with Gasteiger partial charge < -0.3 is 13.9 Å². The number of methoxy groups -OCH3 is 2. The van der Waals surface area contributed by atoms with E-state index in [9.17, 15) is 4.79 Å². The molecule has 0 saturated carbocycles. The van der Waals surface area contributed by atoms with Crippen LogP contribution in [0.3, 0.4) is 0 Å². The molecule has 0 atom stereocenters. The molecule has 0 bridgehead atoms. The highest BCUT2D eigenvalue weighted by Gasteiger charge is 2.22. The van der Waals surface area contributed by atoms with Crippen LogP contribution in [0.25, 0.3) is 28.8 Å². The maximum atomic E-state index is 13.6. The molecule has 0 spiro atoms. The van der Waals surface area contributed by atoms with Crippen LogP contribution in [0, 0.1) is 15.9 Å². The van der Waals surface area contributed by atoms with Gasteiger partial charge in [0.15, 0.2) is 0 Å². The van der Waals surface area contributed by atoms with Crippen LogP contribution in [-0.4, -0.2) is 18.8 Å². The number of aromatic nitrogens is 1. The third kappa shape index (κ3) is 2.58.